The molecular formula is C11H5BrClFO2. The topological polar surface area (TPSA) is 30.2 Å². The molecule has 0 atom stereocenters. The molecule has 0 saturated carbocycles. The maximum absolute atomic E-state index is 13.6. The summed E-state index contributed by atoms with van der Waals surface area (Å²) in [6.45, 7) is 0. The number of carbonyl (C=O) groups excluding carboxylic acids is 1. The van der Waals surface area contributed by atoms with Crippen molar-refractivity contribution in [1.29, 1.82) is 0 Å². The minimum atomic E-state index is -0.508. The zero-order valence-corrected chi connectivity index (χ0v) is 10.2. The van der Waals surface area contributed by atoms with E-state index in [-0.39, 0.29) is 22.1 Å². The fourth-order valence-corrected chi connectivity index (χ4v) is 2.19. The first kappa shape index (κ1) is 11.4. The molecule has 0 unspecified atom stereocenters. The molecule has 1 aromatic heterocycles. The largest absolute Gasteiger partial charge is 0.453 e. The molecule has 0 bridgehead atoms. The Morgan fingerprint density at radius 3 is 2.69 bits per heavy atom. The maximum Gasteiger partial charge on any atom is 0.185 e. The predicted octanol–water partition coefficient (Wildman–Crippen LogP) is 4.31. The molecule has 16 heavy (non-hydrogen) atoms. The highest BCUT2D eigenvalue weighted by Crippen LogP contribution is 2.34. The zero-order chi connectivity index (χ0) is 11.7. The Hall–Kier alpha value is -1.13. The lowest BCUT2D eigenvalue weighted by Gasteiger charge is -2.03. The van der Waals surface area contributed by atoms with E-state index in [9.17, 15) is 9.18 Å². The van der Waals surface area contributed by atoms with Crippen molar-refractivity contribution in [1.82, 2.24) is 0 Å². The summed E-state index contributed by atoms with van der Waals surface area (Å²) in [5.74, 6) is -0.142. The first-order chi connectivity index (χ1) is 7.61. The van der Waals surface area contributed by atoms with Crippen molar-refractivity contribution >= 4 is 33.8 Å². The van der Waals surface area contributed by atoms with Gasteiger partial charge in [-0.3, -0.25) is 4.79 Å². The Labute approximate surface area is 104 Å². The number of carbonyl (C=O) groups is 1. The maximum atomic E-state index is 13.6. The quantitative estimate of drug-likeness (QED) is 0.774. The number of halogens is 3. The summed E-state index contributed by atoms with van der Waals surface area (Å²) in [5, 5.41) is 0.221. The van der Waals surface area contributed by atoms with Gasteiger partial charge in [-0.25, -0.2) is 4.39 Å². The average Bonchev–Trinajstić information content (AvgIpc) is 2.64. The molecule has 0 aliphatic heterocycles. The van der Waals surface area contributed by atoms with Crippen LogP contribution in [0.5, 0.6) is 0 Å². The van der Waals surface area contributed by atoms with Crippen LogP contribution in [0, 0.1) is 5.82 Å². The molecular weight excluding hydrogens is 298 g/mol. The molecule has 0 radical (unpaired) electrons. The Kier molecular flexibility index (Phi) is 3.12. The van der Waals surface area contributed by atoms with Crippen molar-refractivity contribution < 1.29 is 13.6 Å². The number of hydrogen-bond acceptors (Lipinski definition) is 2. The molecule has 2 rings (SSSR count). The van der Waals surface area contributed by atoms with Gasteiger partial charge >= 0.3 is 0 Å². The van der Waals surface area contributed by atoms with Gasteiger partial charge in [-0.2, -0.15) is 0 Å². The number of benzene rings is 1. The van der Waals surface area contributed by atoms with Gasteiger partial charge in [0.05, 0.1) is 10.6 Å². The molecule has 2 nitrogen and oxygen atoms in total. The minimum Gasteiger partial charge on any atom is -0.453 e. The van der Waals surface area contributed by atoms with E-state index in [1.165, 1.54) is 18.2 Å². The van der Waals surface area contributed by atoms with Crippen molar-refractivity contribution in [3.05, 3.63) is 45.3 Å². The Morgan fingerprint density at radius 2 is 2.12 bits per heavy atom. The number of aldehydes is 1. The van der Waals surface area contributed by atoms with Crippen LogP contribution in [0.3, 0.4) is 0 Å². The molecule has 0 fully saturated rings. The highest BCUT2D eigenvalue weighted by molar-refractivity contribution is 9.10. The van der Waals surface area contributed by atoms with Gasteiger partial charge in [0.25, 0.3) is 0 Å². The summed E-state index contributed by atoms with van der Waals surface area (Å²) in [7, 11) is 0. The van der Waals surface area contributed by atoms with Crippen LogP contribution in [-0.2, 0) is 0 Å². The van der Waals surface area contributed by atoms with Crippen molar-refractivity contribution in [3.63, 3.8) is 0 Å². The van der Waals surface area contributed by atoms with E-state index in [4.69, 9.17) is 16.0 Å². The summed E-state index contributed by atoms with van der Waals surface area (Å²) in [6.07, 6.45) is 0.550. The normalized spacial score (nSPS) is 10.4. The molecule has 2 aromatic rings. The summed E-state index contributed by atoms with van der Waals surface area (Å²) < 4.78 is 19.3. The van der Waals surface area contributed by atoms with Crippen LogP contribution in [0.15, 0.2) is 33.2 Å². The van der Waals surface area contributed by atoms with E-state index >= 15 is 0 Å². The molecule has 0 aliphatic rings. The molecule has 5 heteroatoms. The van der Waals surface area contributed by atoms with E-state index < -0.39 is 5.82 Å². The van der Waals surface area contributed by atoms with E-state index in [1.807, 2.05) is 0 Å². The molecule has 0 aliphatic carbocycles. The minimum absolute atomic E-state index is 0.133. The lowest BCUT2D eigenvalue weighted by Crippen LogP contribution is -1.84. The van der Waals surface area contributed by atoms with Gasteiger partial charge in [0.2, 0.25) is 0 Å². The molecule has 0 spiro atoms. The SMILES string of the molecule is O=Cc1ccc(-c2c(F)cc(Br)cc2Cl)o1. The second-order valence-corrected chi connectivity index (χ2v) is 4.39. The third-order valence-electron chi connectivity index (χ3n) is 2.00. The molecule has 1 aromatic carbocycles. The number of rotatable bonds is 2. The van der Waals surface area contributed by atoms with Gasteiger partial charge in [-0.15, -0.1) is 0 Å². The van der Waals surface area contributed by atoms with Crippen molar-refractivity contribution in [3.8, 4) is 11.3 Å². The number of hydrogen-bond donors (Lipinski definition) is 0. The van der Waals surface area contributed by atoms with E-state index in [0.29, 0.717) is 10.8 Å². The summed E-state index contributed by atoms with van der Waals surface area (Å²) in [4.78, 5) is 10.4. The molecule has 1 heterocycles. The molecule has 0 amide bonds. The van der Waals surface area contributed by atoms with Crippen molar-refractivity contribution in [2.75, 3.05) is 0 Å². The Morgan fingerprint density at radius 1 is 1.38 bits per heavy atom. The summed E-state index contributed by atoms with van der Waals surface area (Å²) in [6, 6.07) is 5.80. The second kappa shape index (κ2) is 4.39. The smallest absolute Gasteiger partial charge is 0.185 e. The fraction of sp³-hybridized carbons (Fsp3) is 0. The second-order valence-electron chi connectivity index (χ2n) is 3.06. The Balaban J connectivity index is 2.59. The predicted molar refractivity (Wildman–Crippen MR) is 62.2 cm³/mol. The standard InChI is InChI=1S/C11H5BrClFO2/c12-6-3-8(13)11(9(14)4-6)10-2-1-7(5-15)16-10/h1-5H. The van der Waals surface area contributed by atoms with Crippen LogP contribution in [0.2, 0.25) is 5.02 Å². The van der Waals surface area contributed by atoms with Gasteiger partial charge in [0.15, 0.2) is 12.0 Å². The molecule has 0 N–H and O–H groups in total. The van der Waals surface area contributed by atoms with Crippen LogP contribution in [0.25, 0.3) is 11.3 Å². The first-order valence-corrected chi connectivity index (χ1v) is 5.49. The number of furan rings is 1. The lowest BCUT2D eigenvalue weighted by molar-refractivity contribution is 0.110. The van der Waals surface area contributed by atoms with E-state index in [0.717, 1.165) is 0 Å². The molecule has 0 saturated heterocycles. The van der Waals surface area contributed by atoms with Crippen molar-refractivity contribution in [2.45, 2.75) is 0 Å². The molecule has 82 valence electrons. The van der Waals surface area contributed by atoms with Crippen LogP contribution in [-0.4, -0.2) is 6.29 Å². The highest BCUT2D eigenvalue weighted by Gasteiger charge is 2.14. The van der Waals surface area contributed by atoms with Gasteiger partial charge in [0.1, 0.15) is 11.6 Å². The zero-order valence-electron chi connectivity index (χ0n) is 7.84. The van der Waals surface area contributed by atoms with Gasteiger partial charge in [-0.05, 0) is 24.3 Å². The van der Waals surface area contributed by atoms with Crippen LogP contribution < -0.4 is 0 Å². The van der Waals surface area contributed by atoms with Crippen LogP contribution in [0.4, 0.5) is 4.39 Å². The summed E-state index contributed by atoms with van der Waals surface area (Å²) >= 11 is 9.03. The lowest BCUT2D eigenvalue weighted by atomic mass is 10.1. The third-order valence-corrected chi connectivity index (χ3v) is 2.75. The van der Waals surface area contributed by atoms with Crippen LogP contribution in [0.1, 0.15) is 10.6 Å². The first-order valence-electron chi connectivity index (χ1n) is 4.31. The summed E-state index contributed by atoms with van der Waals surface area (Å²) in [5.41, 5.74) is 0.151. The van der Waals surface area contributed by atoms with Gasteiger partial charge in [-0.1, -0.05) is 27.5 Å². The average molecular weight is 304 g/mol. The highest BCUT2D eigenvalue weighted by atomic mass is 79.9. The van der Waals surface area contributed by atoms with E-state index in [2.05, 4.69) is 15.9 Å². The van der Waals surface area contributed by atoms with Crippen molar-refractivity contribution in [2.24, 2.45) is 0 Å². The Bertz CT molecular complexity index is 528. The fourth-order valence-electron chi connectivity index (χ4n) is 1.33. The monoisotopic (exact) mass is 302 g/mol. The van der Waals surface area contributed by atoms with E-state index in [1.54, 1.807) is 6.07 Å². The van der Waals surface area contributed by atoms with Gasteiger partial charge < -0.3 is 4.42 Å². The van der Waals surface area contributed by atoms with Gasteiger partial charge in [0, 0.05) is 4.47 Å². The third kappa shape index (κ3) is 2.03. The van der Waals surface area contributed by atoms with Crippen LogP contribution >= 0.6 is 27.5 Å².